The number of anilines is 1. The lowest BCUT2D eigenvalue weighted by molar-refractivity contribution is -0.128. The average molecular weight is 412 g/mol. The number of carbonyl (C=O) groups is 3. The van der Waals surface area contributed by atoms with Crippen LogP contribution in [0.1, 0.15) is 50.0 Å². The molecule has 160 valence electrons. The first-order valence-electron chi connectivity index (χ1n) is 10.0. The minimum absolute atomic E-state index is 0.0761. The quantitative estimate of drug-likeness (QED) is 0.580. The summed E-state index contributed by atoms with van der Waals surface area (Å²) in [6, 6.07) is 13.9. The smallest absolute Gasteiger partial charge is 0.279 e. The Bertz CT molecular complexity index is 861. The Morgan fingerprint density at radius 1 is 0.900 bits per heavy atom. The van der Waals surface area contributed by atoms with Crippen LogP contribution in [0.5, 0.6) is 5.75 Å². The van der Waals surface area contributed by atoms with E-state index in [1.807, 2.05) is 38.1 Å². The molecule has 0 fully saturated rings. The van der Waals surface area contributed by atoms with E-state index >= 15 is 0 Å². The number of aryl methyl sites for hydroxylation is 1. The van der Waals surface area contributed by atoms with Crippen LogP contribution >= 0.6 is 0 Å². The summed E-state index contributed by atoms with van der Waals surface area (Å²) in [5.41, 5.74) is 6.86. The summed E-state index contributed by atoms with van der Waals surface area (Å²) in [7, 11) is 0. The van der Waals surface area contributed by atoms with Crippen molar-refractivity contribution < 1.29 is 19.1 Å². The number of hydrogen-bond donors (Lipinski definition) is 3. The van der Waals surface area contributed by atoms with Crippen LogP contribution in [0.25, 0.3) is 0 Å². The molecule has 7 heteroatoms. The predicted octanol–water partition coefficient (Wildman–Crippen LogP) is 3.46. The molecule has 0 unspecified atom stereocenters. The van der Waals surface area contributed by atoms with Gasteiger partial charge in [0.2, 0.25) is 5.91 Å². The molecule has 2 aromatic rings. The third-order valence-electron chi connectivity index (χ3n) is 4.34. The standard InChI is InChI=1S/C23H29N3O4/c1-5-17-6-12-20(13-7-17)30-16(4)22(28)25-26-23(29)18-8-10-19(11-9-18)24-21(27)14-15(2)3/h6-13,15-16H,5,14H2,1-4H3,(H,24,27)(H,25,28)(H,26,29)/t16-/m0/s1. The lowest BCUT2D eigenvalue weighted by Crippen LogP contribution is -2.47. The lowest BCUT2D eigenvalue weighted by atomic mass is 10.1. The van der Waals surface area contributed by atoms with E-state index in [-0.39, 0.29) is 11.8 Å². The molecule has 3 N–H and O–H groups in total. The molecule has 0 bridgehead atoms. The third-order valence-corrected chi connectivity index (χ3v) is 4.34. The molecule has 0 heterocycles. The second kappa shape index (κ2) is 11.0. The number of carbonyl (C=O) groups excluding carboxylic acids is 3. The van der Waals surface area contributed by atoms with Crippen molar-refractivity contribution >= 4 is 23.4 Å². The molecular formula is C23H29N3O4. The SMILES string of the molecule is CCc1ccc(O[C@@H](C)C(=O)NNC(=O)c2ccc(NC(=O)CC(C)C)cc2)cc1. The van der Waals surface area contributed by atoms with E-state index in [1.165, 1.54) is 5.56 Å². The monoisotopic (exact) mass is 411 g/mol. The summed E-state index contributed by atoms with van der Waals surface area (Å²) in [4.78, 5) is 36.2. The molecule has 1 atom stereocenters. The van der Waals surface area contributed by atoms with Crippen LogP contribution in [-0.2, 0) is 16.0 Å². The highest BCUT2D eigenvalue weighted by Gasteiger charge is 2.16. The Morgan fingerprint density at radius 3 is 2.10 bits per heavy atom. The number of ether oxygens (including phenoxy) is 1. The van der Waals surface area contributed by atoms with E-state index in [0.717, 1.165) is 6.42 Å². The average Bonchev–Trinajstić information content (AvgIpc) is 2.72. The van der Waals surface area contributed by atoms with Gasteiger partial charge < -0.3 is 10.1 Å². The molecule has 0 spiro atoms. The van der Waals surface area contributed by atoms with Crippen LogP contribution in [0.15, 0.2) is 48.5 Å². The van der Waals surface area contributed by atoms with E-state index in [9.17, 15) is 14.4 Å². The maximum absolute atomic E-state index is 12.2. The Hall–Kier alpha value is -3.35. The van der Waals surface area contributed by atoms with Crippen molar-refractivity contribution in [1.82, 2.24) is 10.9 Å². The lowest BCUT2D eigenvalue weighted by Gasteiger charge is -2.15. The zero-order chi connectivity index (χ0) is 22.1. The van der Waals surface area contributed by atoms with E-state index in [0.29, 0.717) is 23.4 Å². The number of rotatable bonds is 8. The van der Waals surface area contributed by atoms with Crippen molar-refractivity contribution in [2.45, 2.75) is 46.6 Å². The molecule has 2 aromatic carbocycles. The fourth-order valence-corrected chi connectivity index (χ4v) is 2.64. The maximum Gasteiger partial charge on any atom is 0.279 e. The summed E-state index contributed by atoms with van der Waals surface area (Å²) in [6.07, 6.45) is 0.571. The van der Waals surface area contributed by atoms with Crippen LogP contribution in [0.4, 0.5) is 5.69 Å². The van der Waals surface area contributed by atoms with Crippen molar-refractivity contribution in [2.75, 3.05) is 5.32 Å². The normalized spacial score (nSPS) is 11.5. The number of hydrazine groups is 1. The Balaban J connectivity index is 1.82. The van der Waals surface area contributed by atoms with E-state index in [4.69, 9.17) is 4.74 Å². The Labute approximate surface area is 177 Å². The van der Waals surface area contributed by atoms with Gasteiger partial charge in [-0.1, -0.05) is 32.9 Å². The van der Waals surface area contributed by atoms with Crippen molar-refractivity contribution in [3.05, 3.63) is 59.7 Å². The third kappa shape index (κ3) is 7.24. The topological polar surface area (TPSA) is 96.5 Å². The Kier molecular flexibility index (Phi) is 8.41. The predicted molar refractivity (Wildman–Crippen MR) is 116 cm³/mol. The molecular weight excluding hydrogens is 382 g/mol. The first-order chi connectivity index (χ1) is 14.3. The molecule has 0 aliphatic rings. The molecule has 2 rings (SSSR count). The van der Waals surface area contributed by atoms with Crippen LogP contribution in [-0.4, -0.2) is 23.8 Å². The molecule has 30 heavy (non-hydrogen) atoms. The first kappa shape index (κ1) is 22.9. The molecule has 3 amide bonds. The second-order valence-corrected chi connectivity index (χ2v) is 7.42. The van der Waals surface area contributed by atoms with Gasteiger partial charge in [-0.05, 0) is 61.2 Å². The summed E-state index contributed by atoms with van der Waals surface area (Å²) in [5, 5.41) is 2.78. The van der Waals surface area contributed by atoms with E-state index in [2.05, 4.69) is 23.1 Å². The van der Waals surface area contributed by atoms with Crippen LogP contribution in [0, 0.1) is 5.92 Å². The van der Waals surface area contributed by atoms with E-state index in [1.54, 1.807) is 31.2 Å². The molecule has 0 saturated carbocycles. The van der Waals surface area contributed by atoms with Gasteiger partial charge in [0.25, 0.3) is 11.8 Å². The fraction of sp³-hybridized carbons (Fsp3) is 0.348. The molecule has 0 aliphatic carbocycles. The number of amides is 3. The Morgan fingerprint density at radius 2 is 1.53 bits per heavy atom. The van der Waals surface area contributed by atoms with Crippen molar-refractivity contribution in [3.63, 3.8) is 0 Å². The van der Waals surface area contributed by atoms with Crippen LogP contribution < -0.4 is 20.9 Å². The van der Waals surface area contributed by atoms with Crippen LogP contribution in [0.3, 0.4) is 0 Å². The number of nitrogens with one attached hydrogen (secondary N) is 3. The fourth-order valence-electron chi connectivity index (χ4n) is 2.64. The molecule has 0 saturated heterocycles. The first-order valence-corrected chi connectivity index (χ1v) is 10.0. The van der Waals surface area contributed by atoms with Gasteiger partial charge in [0, 0.05) is 17.7 Å². The molecule has 0 aliphatic heterocycles. The summed E-state index contributed by atoms with van der Waals surface area (Å²) in [6.45, 7) is 7.60. The van der Waals surface area contributed by atoms with Gasteiger partial charge in [-0.25, -0.2) is 0 Å². The molecule has 7 nitrogen and oxygen atoms in total. The van der Waals surface area contributed by atoms with Gasteiger partial charge >= 0.3 is 0 Å². The largest absolute Gasteiger partial charge is 0.481 e. The highest BCUT2D eigenvalue weighted by atomic mass is 16.5. The van der Waals surface area contributed by atoms with Crippen molar-refractivity contribution in [1.29, 1.82) is 0 Å². The maximum atomic E-state index is 12.2. The molecule has 0 radical (unpaired) electrons. The minimum Gasteiger partial charge on any atom is -0.481 e. The summed E-state index contributed by atoms with van der Waals surface area (Å²) in [5.74, 6) is -0.173. The zero-order valence-electron chi connectivity index (χ0n) is 17.8. The van der Waals surface area contributed by atoms with Gasteiger partial charge in [0.05, 0.1) is 0 Å². The van der Waals surface area contributed by atoms with Crippen molar-refractivity contribution in [2.24, 2.45) is 5.92 Å². The van der Waals surface area contributed by atoms with Crippen LogP contribution in [0.2, 0.25) is 0 Å². The van der Waals surface area contributed by atoms with Gasteiger partial charge in [0.1, 0.15) is 5.75 Å². The second-order valence-electron chi connectivity index (χ2n) is 7.42. The highest BCUT2D eigenvalue weighted by Crippen LogP contribution is 2.14. The van der Waals surface area contributed by atoms with Gasteiger partial charge in [-0.2, -0.15) is 0 Å². The highest BCUT2D eigenvalue weighted by molar-refractivity contribution is 5.97. The zero-order valence-corrected chi connectivity index (χ0v) is 17.8. The van der Waals surface area contributed by atoms with Gasteiger partial charge in [-0.3, -0.25) is 25.2 Å². The number of hydrogen-bond acceptors (Lipinski definition) is 4. The minimum atomic E-state index is -0.781. The van der Waals surface area contributed by atoms with Gasteiger partial charge in [0.15, 0.2) is 6.10 Å². The summed E-state index contributed by atoms with van der Waals surface area (Å²) >= 11 is 0. The number of benzene rings is 2. The molecule has 0 aromatic heterocycles. The van der Waals surface area contributed by atoms with E-state index < -0.39 is 17.9 Å². The van der Waals surface area contributed by atoms with Crippen molar-refractivity contribution in [3.8, 4) is 5.75 Å². The summed E-state index contributed by atoms with van der Waals surface area (Å²) < 4.78 is 5.59. The van der Waals surface area contributed by atoms with Gasteiger partial charge in [-0.15, -0.1) is 0 Å².